The minimum absolute atomic E-state index is 0.00745. The number of phosphoric acid groups is 1. The predicted octanol–water partition coefficient (Wildman–Crippen LogP) is -4.31. The number of hydrogen-bond acceptors (Lipinski definition) is 18. The molecule has 4 rings (SSSR count). The summed E-state index contributed by atoms with van der Waals surface area (Å²) in [7, 11) is -4.89. The van der Waals surface area contributed by atoms with Gasteiger partial charge in [0, 0.05) is 26.5 Å². The van der Waals surface area contributed by atoms with Crippen molar-refractivity contribution in [3.8, 4) is 0 Å². The minimum Gasteiger partial charge on any atom is -0.394 e. The number of nitrogens with two attached hydrogens (primary N) is 1. The number of unbranched alkanes of at least 4 members (excludes halogenated alkanes) is 1. The Morgan fingerprint density at radius 2 is 1.79 bits per heavy atom. The molecule has 2 saturated heterocycles. The molecule has 2 amide bonds. The van der Waals surface area contributed by atoms with Crippen LogP contribution in [-0.2, 0) is 47.1 Å². The highest BCUT2D eigenvalue weighted by atomic mass is 31.2. The Hall–Kier alpha value is -3.20. The normalized spacial score (nSPS) is 27.6. The highest BCUT2D eigenvalue weighted by Gasteiger charge is 2.47. The maximum absolute atomic E-state index is 12.2. The zero-order valence-corrected chi connectivity index (χ0v) is 29.5. The Kier molecular flexibility index (Phi) is 16.0. The molecular weight excluding hydrogens is 737 g/mol. The van der Waals surface area contributed by atoms with E-state index in [1.54, 1.807) is 0 Å². The third-order valence-electron chi connectivity index (χ3n) is 8.06. The average Bonchev–Trinajstić information content (AvgIpc) is 3.65. The molecule has 24 nitrogen and oxygen atoms in total. The smallest absolute Gasteiger partial charge is 0.394 e. The zero-order chi connectivity index (χ0) is 38.7. The number of anilines is 1. The molecule has 2 aromatic rings. The predicted molar refractivity (Wildman–Crippen MR) is 175 cm³/mol. The van der Waals surface area contributed by atoms with Gasteiger partial charge in [-0.2, -0.15) is 4.98 Å². The largest absolute Gasteiger partial charge is 0.469 e. The summed E-state index contributed by atoms with van der Waals surface area (Å²) in [6.07, 6.45) is -7.84. The number of carbonyl (C=O) groups is 2. The Labute approximate surface area is 301 Å². The van der Waals surface area contributed by atoms with Gasteiger partial charge in [-0.3, -0.25) is 28.5 Å². The van der Waals surface area contributed by atoms with Crippen LogP contribution < -0.4 is 21.9 Å². The fraction of sp³-hybridized carbons (Fsp3) is 0.750. The van der Waals surface area contributed by atoms with Crippen LogP contribution >= 0.6 is 7.82 Å². The lowest BCUT2D eigenvalue weighted by Crippen LogP contribution is -2.64. The van der Waals surface area contributed by atoms with Crippen LogP contribution in [0.2, 0.25) is 0 Å². The number of nitrogen functional groups attached to an aromatic ring is 1. The molecule has 11 N–H and O–H groups in total. The molecule has 2 aliphatic heterocycles. The molecule has 2 aliphatic rings. The lowest BCUT2D eigenvalue weighted by atomic mass is 9.97. The maximum Gasteiger partial charge on any atom is 0.469 e. The van der Waals surface area contributed by atoms with Crippen molar-refractivity contribution in [2.75, 3.05) is 58.7 Å². The van der Waals surface area contributed by atoms with E-state index in [2.05, 4.69) is 30.1 Å². The number of H-pyrrole nitrogens is 1. The van der Waals surface area contributed by atoms with Crippen LogP contribution in [0, 0.1) is 0 Å². The van der Waals surface area contributed by atoms with Gasteiger partial charge in [-0.1, -0.05) is 0 Å². The van der Waals surface area contributed by atoms with Crippen molar-refractivity contribution in [1.82, 2.24) is 30.2 Å². The molecule has 53 heavy (non-hydrogen) atoms. The number of phosphoric ester groups is 1. The Bertz CT molecular complexity index is 1590. The second kappa shape index (κ2) is 19.9. The summed E-state index contributed by atoms with van der Waals surface area (Å²) in [5, 5.41) is 45.8. The summed E-state index contributed by atoms with van der Waals surface area (Å²) in [5.41, 5.74) is 4.97. The molecule has 300 valence electrons. The first-order valence-electron chi connectivity index (χ1n) is 16.5. The number of hydrogen-bond donors (Lipinski definition) is 10. The number of aliphatic hydroxyl groups is 4. The number of carbonyl (C=O) groups excluding carboxylic acids is 2. The number of aromatic nitrogens is 4. The maximum atomic E-state index is 12.2. The number of nitrogens with zero attached hydrogens (tertiary/aromatic N) is 3. The van der Waals surface area contributed by atoms with Crippen molar-refractivity contribution >= 4 is 36.7 Å². The molecule has 4 heterocycles. The van der Waals surface area contributed by atoms with Gasteiger partial charge in [0.2, 0.25) is 17.8 Å². The number of rotatable bonds is 21. The fourth-order valence-corrected chi connectivity index (χ4v) is 5.86. The van der Waals surface area contributed by atoms with E-state index in [0.29, 0.717) is 12.8 Å². The number of aromatic amines is 1. The SMILES string of the molecule is CC(=O)N[C@H]1[C@H](OCCCCC(=O)NCCOCCOCO[C@@H]2[C@H](O)[C@@H](COP(=O)(O)O)O[C@H]2n2cnc3c(=O)[nH]c(N)nc32)O[C@H](CO)[C@H](O)[C@@H]1O. The summed E-state index contributed by atoms with van der Waals surface area (Å²) in [4.78, 5) is 64.5. The highest BCUT2D eigenvalue weighted by Crippen LogP contribution is 2.39. The number of amides is 2. The van der Waals surface area contributed by atoms with Gasteiger partial charge in [-0.25, -0.2) is 9.55 Å². The summed E-state index contributed by atoms with van der Waals surface area (Å²) in [5.74, 6) is -0.905. The molecule has 0 radical (unpaired) electrons. The zero-order valence-electron chi connectivity index (χ0n) is 28.6. The van der Waals surface area contributed by atoms with Crippen molar-refractivity contribution in [1.29, 1.82) is 0 Å². The van der Waals surface area contributed by atoms with Crippen LogP contribution in [0.5, 0.6) is 0 Å². The van der Waals surface area contributed by atoms with Gasteiger partial charge in [0.05, 0.1) is 39.4 Å². The van der Waals surface area contributed by atoms with Crippen molar-refractivity contribution in [2.45, 2.75) is 81.4 Å². The topological polar surface area (TPSA) is 351 Å². The van der Waals surface area contributed by atoms with Crippen molar-refractivity contribution in [2.24, 2.45) is 0 Å². The number of aliphatic hydroxyl groups excluding tert-OH is 4. The molecule has 0 saturated carbocycles. The number of ether oxygens (including phenoxy) is 6. The van der Waals surface area contributed by atoms with E-state index in [-0.39, 0.29) is 69.2 Å². The van der Waals surface area contributed by atoms with Gasteiger partial charge in [0.15, 0.2) is 23.7 Å². The Morgan fingerprint density at radius 1 is 1.04 bits per heavy atom. The van der Waals surface area contributed by atoms with Crippen molar-refractivity contribution in [3.05, 3.63) is 16.7 Å². The summed E-state index contributed by atoms with van der Waals surface area (Å²) >= 11 is 0. The van der Waals surface area contributed by atoms with Gasteiger partial charge in [0.25, 0.3) is 5.56 Å². The molecule has 0 bridgehead atoms. The van der Waals surface area contributed by atoms with Gasteiger partial charge in [0.1, 0.15) is 49.5 Å². The van der Waals surface area contributed by atoms with E-state index in [1.807, 2.05) is 0 Å². The molecule has 0 spiro atoms. The van der Waals surface area contributed by atoms with Gasteiger partial charge in [-0.05, 0) is 12.8 Å². The third kappa shape index (κ3) is 12.1. The first kappa shape index (κ1) is 42.5. The van der Waals surface area contributed by atoms with E-state index in [4.69, 9.17) is 43.9 Å². The van der Waals surface area contributed by atoms with Crippen LogP contribution in [0.4, 0.5) is 5.95 Å². The molecule has 0 aliphatic carbocycles. The lowest BCUT2D eigenvalue weighted by molar-refractivity contribution is -0.270. The number of fused-ring (bicyclic) bond motifs is 1. The minimum atomic E-state index is -4.89. The summed E-state index contributed by atoms with van der Waals surface area (Å²) in [6.45, 7) is 0.296. The lowest BCUT2D eigenvalue weighted by Gasteiger charge is -2.42. The van der Waals surface area contributed by atoms with Gasteiger partial charge < -0.3 is 75.0 Å². The molecule has 25 heteroatoms. The fourth-order valence-electron chi connectivity index (χ4n) is 5.52. The van der Waals surface area contributed by atoms with Gasteiger partial charge >= 0.3 is 7.82 Å². The second-order valence-electron chi connectivity index (χ2n) is 12.0. The molecule has 2 aromatic heterocycles. The van der Waals surface area contributed by atoms with Crippen molar-refractivity contribution < 1.29 is 77.3 Å². The Balaban J connectivity index is 1.11. The standard InChI is InChI=1S/C28H46N7O17P/c1-14(37)32-18-22(41)20(39)15(10-36)52-27(18)48-6-3-2-4-17(38)30-5-7-46-8-9-47-13-49-23-21(40)16(11-50-53(43,44)45)51-26(23)35-12-31-19-24(35)33-28(29)34-25(19)42/h12,15-16,18,20-23,26-27,36,39-41H,2-11,13H2,1H3,(H,30,38)(H,32,37)(H2,43,44,45)(H3,29,33,34,42)/t15-,16-,18-,20+,21-,22-,23-,26-,27-/m1/s1. The van der Waals surface area contributed by atoms with E-state index in [1.165, 1.54) is 17.8 Å². The highest BCUT2D eigenvalue weighted by molar-refractivity contribution is 7.46. The van der Waals surface area contributed by atoms with Crippen LogP contribution in [0.15, 0.2) is 11.1 Å². The second-order valence-corrected chi connectivity index (χ2v) is 13.2. The van der Waals surface area contributed by atoms with E-state index >= 15 is 0 Å². The molecule has 0 aromatic carbocycles. The quantitative estimate of drug-likeness (QED) is 0.0325. The van der Waals surface area contributed by atoms with Crippen molar-refractivity contribution in [3.63, 3.8) is 0 Å². The molecule has 9 atom stereocenters. The first-order valence-corrected chi connectivity index (χ1v) is 18.0. The molecular formula is C28H46N7O17P. The van der Waals surface area contributed by atoms with Crippen LogP contribution in [0.1, 0.15) is 32.4 Å². The van der Waals surface area contributed by atoms with Gasteiger partial charge in [-0.15, -0.1) is 0 Å². The first-order chi connectivity index (χ1) is 25.2. The summed E-state index contributed by atoms with van der Waals surface area (Å²) < 4.78 is 50.4. The van der Waals surface area contributed by atoms with E-state index < -0.39 is 87.7 Å². The van der Waals surface area contributed by atoms with Crippen LogP contribution in [0.25, 0.3) is 11.2 Å². The number of nitrogens with one attached hydrogen (secondary N) is 3. The monoisotopic (exact) mass is 783 g/mol. The summed E-state index contributed by atoms with van der Waals surface area (Å²) in [6, 6.07) is -1.05. The van der Waals surface area contributed by atoms with E-state index in [9.17, 15) is 39.4 Å². The van der Waals surface area contributed by atoms with Crippen LogP contribution in [0.3, 0.4) is 0 Å². The van der Waals surface area contributed by atoms with E-state index in [0.717, 1.165) is 0 Å². The number of imidazole rings is 1. The molecule has 2 fully saturated rings. The Morgan fingerprint density at radius 3 is 2.51 bits per heavy atom. The third-order valence-corrected chi connectivity index (χ3v) is 8.55. The molecule has 0 unspecified atom stereocenters. The van der Waals surface area contributed by atoms with Crippen LogP contribution in [-0.4, -0.2) is 163 Å². The average molecular weight is 784 g/mol.